The van der Waals surface area contributed by atoms with Crippen molar-refractivity contribution in [2.45, 2.75) is 0 Å². The van der Waals surface area contributed by atoms with Gasteiger partial charge in [0.05, 0.1) is 45.5 Å². The Balaban J connectivity index is 0.610. The van der Waals surface area contributed by atoms with Gasteiger partial charge < -0.3 is 19.6 Å². The van der Waals surface area contributed by atoms with E-state index in [0.29, 0.717) is 0 Å². The minimum Gasteiger partial charge on any atom is -0.311 e. The van der Waals surface area contributed by atoms with Gasteiger partial charge in [-0.2, -0.15) is 17.5 Å². The van der Waals surface area contributed by atoms with E-state index in [4.69, 9.17) is 37.4 Å². The van der Waals surface area contributed by atoms with Crippen LogP contribution < -0.4 is 19.6 Å². The van der Waals surface area contributed by atoms with Crippen molar-refractivity contribution in [1.29, 1.82) is 0 Å². The van der Waals surface area contributed by atoms with Crippen LogP contribution in [-0.4, -0.2) is 37.4 Å². The Morgan fingerprint density at radius 3 is 0.738 bits per heavy atom. The van der Waals surface area contributed by atoms with E-state index in [1.54, 1.807) is 0 Å². The van der Waals surface area contributed by atoms with Crippen LogP contribution >= 0.6 is 23.5 Å². The fourth-order valence-electron chi connectivity index (χ4n) is 17.7. The van der Waals surface area contributed by atoms with Crippen LogP contribution in [0.25, 0.3) is 154 Å². The number of hydrogen-bond acceptors (Lipinski definition) is 14. The van der Waals surface area contributed by atoms with Crippen LogP contribution in [0.1, 0.15) is 0 Å². The summed E-state index contributed by atoms with van der Waals surface area (Å²) < 4.78 is 20.7. The number of hydrogen-bond donors (Lipinski definition) is 0. The lowest BCUT2D eigenvalue weighted by Gasteiger charge is -2.27. The molecule has 0 spiro atoms. The van der Waals surface area contributed by atoms with Gasteiger partial charge in [-0.3, -0.25) is 0 Å². The van der Waals surface area contributed by atoms with Crippen molar-refractivity contribution in [3.8, 4) is 55.6 Å². The van der Waals surface area contributed by atoms with E-state index in [2.05, 4.69) is 432 Å². The average Bonchev–Trinajstić information content (AvgIpc) is 1.07. The van der Waals surface area contributed by atoms with Crippen molar-refractivity contribution < 1.29 is 0 Å². The molecule has 0 amide bonds. The molecule has 0 fully saturated rings. The number of anilines is 12. The zero-order valence-electron chi connectivity index (χ0n) is 65.4. The highest BCUT2D eigenvalue weighted by atomic mass is 32.1. The minimum atomic E-state index is 0.746. The lowest BCUT2D eigenvalue weighted by molar-refractivity contribution is 1.28. The van der Waals surface area contributed by atoms with Gasteiger partial charge in [0, 0.05) is 107 Å². The van der Waals surface area contributed by atoms with Crippen LogP contribution in [0.4, 0.5) is 68.2 Å². The summed E-state index contributed by atoms with van der Waals surface area (Å²) in [5.74, 6) is 0. The van der Waals surface area contributed by atoms with Crippen molar-refractivity contribution in [3.63, 3.8) is 0 Å². The normalized spacial score (nSPS) is 11.6. The van der Waals surface area contributed by atoms with Crippen LogP contribution in [0.2, 0.25) is 0 Å². The van der Waals surface area contributed by atoms with Gasteiger partial charge in [0.2, 0.25) is 0 Å². The lowest BCUT2D eigenvalue weighted by atomic mass is 9.93. The number of benzene rings is 19. The van der Waals surface area contributed by atoms with E-state index in [0.717, 1.165) is 222 Å². The molecule has 0 atom stereocenters. The second-order valence-corrected chi connectivity index (χ2v) is 31.4. The molecule has 0 N–H and O–H groups in total. The van der Waals surface area contributed by atoms with Gasteiger partial charge in [0.25, 0.3) is 0 Å². The molecule has 23 aromatic rings. The van der Waals surface area contributed by atoms with Crippen LogP contribution in [0.15, 0.2) is 413 Å². The monoisotopic (exact) mass is 1600 g/mol. The first kappa shape index (κ1) is 71.3. The van der Waals surface area contributed by atoms with Gasteiger partial charge in [-0.15, -0.1) is 0 Å². The molecule has 4 heterocycles. The van der Waals surface area contributed by atoms with Crippen molar-refractivity contribution in [2.75, 3.05) is 19.6 Å². The highest BCUT2D eigenvalue weighted by Gasteiger charge is 2.29. The Morgan fingerprint density at radius 2 is 0.410 bits per heavy atom. The molecule has 14 heteroatoms. The number of nitrogens with zero attached hydrogens (tertiary/aromatic N) is 12. The number of fused-ring (bicyclic) bond motifs is 13. The Morgan fingerprint density at radius 1 is 0.156 bits per heavy atom. The van der Waals surface area contributed by atoms with E-state index in [9.17, 15) is 0 Å². The molecule has 19 aromatic carbocycles. The van der Waals surface area contributed by atoms with Crippen LogP contribution in [-0.2, 0) is 0 Å². The van der Waals surface area contributed by atoms with Crippen molar-refractivity contribution in [2.24, 2.45) is 0 Å². The van der Waals surface area contributed by atoms with Gasteiger partial charge in [0.15, 0.2) is 0 Å². The maximum absolute atomic E-state index is 5.83. The molecule has 0 aliphatic carbocycles. The largest absolute Gasteiger partial charge is 0.311 e. The van der Waals surface area contributed by atoms with Gasteiger partial charge in [-0.25, -0.2) is 19.9 Å². The highest BCUT2D eigenvalue weighted by molar-refractivity contribution is 7.00. The molecular formula is C108H68N12S2. The summed E-state index contributed by atoms with van der Waals surface area (Å²) in [6, 6.07) is 146. The maximum Gasteiger partial charge on any atom is 0.115 e. The van der Waals surface area contributed by atoms with Crippen LogP contribution in [0.5, 0.6) is 0 Å². The Kier molecular flexibility index (Phi) is 17.6. The first-order valence-electron chi connectivity index (χ1n) is 40.6. The summed E-state index contributed by atoms with van der Waals surface area (Å²) in [6.07, 6.45) is 0. The summed E-state index contributed by atoms with van der Waals surface area (Å²) >= 11 is 2.42. The topological polar surface area (TPSA) is 116 Å². The van der Waals surface area contributed by atoms with Crippen molar-refractivity contribution >= 4 is 190 Å². The molecule has 0 radical (unpaired) electrons. The third-order valence-electron chi connectivity index (χ3n) is 23.3. The van der Waals surface area contributed by atoms with Gasteiger partial charge in [-0.05, 0) is 201 Å². The third kappa shape index (κ3) is 12.4. The quantitative estimate of drug-likeness (QED) is 0.0638. The van der Waals surface area contributed by atoms with Gasteiger partial charge in [-0.1, -0.05) is 261 Å². The van der Waals surface area contributed by atoms with E-state index in [1.165, 1.54) is 23.5 Å². The van der Waals surface area contributed by atoms with Crippen LogP contribution in [0.3, 0.4) is 0 Å². The Labute approximate surface area is 710 Å². The molecule has 12 nitrogen and oxygen atoms in total. The first-order chi connectivity index (χ1) is 60.5. The molecule has 0 aliphatic heterocycles. The summed E-state index contributed by atoms with van der Waals surface area (Å²) in [5.41, 5.74) is 31.0. The Bertz CT molecular complexity index is 7850. The van der Waals surface area contributed by atoms with Gasteiger partial charge in [0.1, 0.15) is 44.1 Å². The predicted molar refractivity (Wildman–Crippen MR) is 508 cm³/mol. The molecule has 23 rings (SSSR count). The lowest BCUT2D eigenvalue weighted by Crippen LogP contribution is -2.10. The number of para-hydroxylation sites is 6. The van der Waals surface area contributed by atoms with Crippen LogP contribution in [0, 0.1) is 0 Å². The molecule has 0 aliphatic rings. The summed E-state index contributed by atoms with van der Waals surface area (Å²) in [4.78, 5) is 32.1. The smallest absolute Gasteiger partial charge is 0.115 e. The van der Waals surface area contributed by atoms with E-state index in [1.807, 2.05) is 0 Å². The Hall–Kier alpha value is -16.0. The van der Waals surface area contributed by atoms with Gasteiger partial charge >= 0.3 is 0 Å². The summed E-state index contributed by atoms with van der Waals surface area (Å²) in [5, 5.41) is 6.44. The third-order valence-corrected chi connectivity index (χ3v) is 24.3. The summed E-state index contributed by atoms with van der Waals surface area (Å²) in [7, 11) is 0. The molecule has 0 saturated heterocycles. The SMILES string of the molecule is c1ccc(N(c2ccccc2)c2ccc(-c3c4nsnc4c(-c4ccc(N(c5ccccc5)c5cccc(-c6cccc(N(c7ccccc7)c7ccc(-c8c9nsnc9c(-c9ccc(N(c%10ccccc%10)c%10ccccc%10)cc9)c9nc%10c%11ccccc%11c%11ccccc%11c%10nc89)cc7)c6)c5)cc4)c4nc5ccc6ccccc6c5nc34)cc2)cc1. The number of aromatic nitrogens is 8. The first-order valence-corrected chi connectivity index (χ1v) is 42.1. The standard InChI is InChI=1S/C108H68N12S2/c1-7-30-76(31-8-1)117(77-32-9-2-10-33-77)82-58-49-71(50-59-82)95-102-101(109-93-66-57-69-27-19-20-44-88(69)98(93)110-102)94(105-106(95)114-121-113-105)70-53-62-84(63-54-70)119(80-38-15-5-16-39-80)86-42-25-28-74(67-86)75-29-26-43-87(68-75)120(81-40-17-6-18-41-81)85-64-55-73(56-65-85)97-104-103(111-99-91-47-23-21-45-89(91)90-46-22-24-48-92(90)100(99)112-104)96(107-108(97)116-122-115-107)72-51-60-83(61-52-72)118(78-34-11-3-12-35-78)79-36-13-4-14-37-79/h1-68H. The minimum absolute atomic E-state index is 0.746. The molecule has 572 valence electrons. The van der Waals surface area contributed by atoms with E-state index >= 15 is 0 Å². The molecule has 122 heavy (non-hydrogen) atoms. The predicted octanol–water partition coefficient (Wildman–Crippen LogP) is 29.6. The zero-order chi connectivity index (χ0) is 80.6. The van der Waals surface area contributed by atoms with E-state index < -0.39 is 0 Å². The maximum atomic E-state index is 5.83. The molecule has 0 saturated carbocycles. The highest BCUT2D eigenvalue weighted by Crippen LogP contribution is 2.50. The number of rotatable bonds is 17. The molecule has 4 aromatic heterocycles. The molecule has 0 bridgehead atoms. The molecular weight excluding hydrogens is 1530 g/mol. The second-order valence-electron chi connectivity index (χ2n) is 30.4. The average molecular weight is 1600 g/mol. The fraction of sp³-hybridized carbons (Fsp3) is 0. The van der Waals surface area contributed by atoms with Crippen molar-refractivity contribution in [3.05, 3.63) is 413 Å². The molecule has 0 unspecified atom stereocenters. The zero-order valence-corrected chi connectivity index (χ0v) is 67.1. The fourth-order valence-corrected chi connectivity index (χ4v) is 18.9. The second kappa shape index (κ2) is 30.2. The summed E-state index contributed by atoms with van der Waals surface area (Å²) in [6.45, 7) is 0. The van der Waals surface area contributed by atoms with Crippen molar-refractivity contribution in [1.82, 2.24) is 37.4 Å². The van der Waals surface area contributed by atoms with E-state index in [-0.39, 0.29) is 0 Å².